The van der Waals surface area contributed by atoms with E-state index in [1.54, 1.807) is 49.7 Å². The Balaban J connectivity index is 1.67. The van der Waals surface area contributed by atoms with Crippen LogP contribution >= 0.6 is 11.6 Å². The van der Waals surface area contributed by atoms with Crippen molar-refractivity contribution in [2.45, 2.75) is 50.6 Å². The molecule has 0 saturated carbocycles. The highest BCUT2D eigenvalue weighted by atomic mass is 35.5. The standard InChI is InChI=1S/C29H26ClFN6O2/c1-16(2)36-27-25(35-28(36)20-13-19(11-12-32)34-15-23(20)39-3)29(38)37(22-6-4-5-21(30)24(22)31)26(27)18-9-7-17(14-33)8-10-18/h4-10,13,15-16,25-28,35H,11H2,1-3H3. The summed E-state index contributed by atoms with van der Waals surface area (Å²) in [4.78, 5) is 22.1. The Morgan fingerprint density at radius 2 is 1.95 bits per heavy atom. The van der Waals surface area contributed by atoms with E-state index in [4.69, 9.17) is 16.3 Å². The number of pyridine rings is 1. The van der Waals surface area contributed by atoms with Crippen LogP contribution in [-0.4, -0.2) is 41.0 Å². The number of fused-ring (bicyclic) bond motifs is 1. The van der Waals surface area contributed by atoms with Gasteiger partial charge in [0.15, 0.2) is 5.82 Å². The molecule has 39 heavy (non-hydrogen) atoms. The van der Waals surface area contributed by atoms with Gasteiger partial charge in [-0.2, -0.15) is 10.5 Å². The first-order chi connectivity index (χ1) is 18.8. The smallest absolute Gasteiger partial charge is 0.246 e. The van der Waals surface area contributed by atoms with Crippen LogP contribution in [0.3, 0.4) is 0 Å². The van der Waals surface area contributed by atoms with Crippen molar-refractivity contribution in [1.82, 2.24) is 15.2 Å². The largest absolute Gasteiger partial charge is 0.495 e. The summed E-state index contributed by atoms with van der Waals surface area (Å²) in [5.74, 6) is -0.440. The fourth-order valence-electron chi connectivity index (χ4n) is 5.71. The average Bonchev–Trinajstić information content (AvgIpc) is 3.45. The van der Waals surface area contributed by atoms with Crippen molar-refractivity contribution < 1.29 is 13.9 Å². The van der Waals surface area contributed by atoms with Crippen LogP contribution in [0.4, 0.5) is 10.1 Å². The summed E-state index contributed by atoms with van der Waals surface area (Å²) in [6, 6.07) is 15.9. The molecule has 2 aliphatic heterocycles. The fraction of sp³-hybridized carbons (Fsp3) is 0.310. The maximum atomic E-state index is 15.4. The van der Waals surface area contributed by atoms with Crippen LogP contribution in [0.2, 0.25) is 5.02 Å². The average molecular weight is 545 g/mol. The first kappa shape index (κ1) is 26.6. The number of ether oxygens (including phenoxy) is 1. The number of amides is 1. The Bertz CT molecular complexity index is 1500. The molecule has 0 radical (unpaired) electrons. The van der Waals surface area contributed by atoms with Gasteiger partial charge < -0.3 is 4.74 Å². The van der Waals surface area contributed by atoms with Gasteiger partial charge in [0, 0.05) is 11.6 Å². The molecule has 3 heterocycles. The zero-order chi connectivity index (χ0) is 27.8. The minimum Gasteiger partial charge on any atom is -0.495 e. The summed E-state index contributed by atoms with van der Waals surface area (Å²) >= 11 is 6.13. The molecule has 1 N–H and O–H groups in total. The maximum Gasteiger partial charge on any atom is 0.246 e. The Labute approximate surface area is 231 Å². The number of halogens is 2. The van der Waals surface area contributed by atoms with Crippen LogP contribution in [0, 0.1) is 28.5 Å². The van der Waals surface area contributed by atoms with Crippen molar-refractivity contribution in [3.05, 3.63) is 88.0 Å². The quantitative estimate of drug-likeness (QED) is 0.481. The molecule has 10 heteroatoms. The number of anilines is 1. The van der Waals surface area contributed by atoms with Gasteiger partial charge in [0.25, 0.3) is 0 Å². The third kappa shape index (κ3) is 4.49. The van der Waals surface area contributed by atoms with Crippen molar-refractivity contribution in [3.8, 4) is 17.9 Å². The highest BCUT2D eigenvalue weighted by Gasteiger charge is 2.59. The van der Waals surface area contributed by atoms with Crippen molar-refractivity contribution in [3.63, 3.8) is 0 Å². The van der Waals surface area contributed by atoms with Gasteiger partial charge in [0.05, 0.1) is 72.1 Å². The van der Waals surface area contributed by atoms with Crippen LogP contribution in [0.5, 0.6) is 5.75 Å². The zero-order valence-corrected chi connectivity index (χ0v) is 22.4. The molecule has 0 bridgehead atoms. The highest BCUT2D eigenvalue weighted by molar-refractivity contribution is 6.31. The van der Waals surface area contributed by atoms with Crippen LogP contribution in [0.1, 0.15) is 48.4 Å². The normalized spacial score (nSPS) is 22.6. The van der Waals surface area contributed by atoms with Crippen LogP contribution < -0.4 is 15.0 Å². The van der Waals surface area contributed by atoms with Crippen LogP contribution in [0.15, 0.2) is 54.7 Å². The fourth-order valence-corrected chi connectivity index (χ4v) is 5.88. The van der Waals surface area contributed by atoms with E-state index in [-0.39, 0.29) is 29.1 Å². The Hall–Kier alpha value is -4.02. The monoisotopic (exact) mass is 544 g/mol. The molecular weight excluding hydrogens is 519 g/mol. The molecule has 4 unspecified atom stereocenters. The van der Waals surface area contributed by atoms with Gasteiger partial charge in [0.1, 0.15) is 11.8 Å². The van der Waals surface area contributed by atoms with E-state index >= 15 is 4.39 Å². The first-order valence-electron chi connectivity index (χ1n) is 12.5. The number of hydrogen-bond acceptors (Lipinski definition) is 7. The lowest BCUT2D eigenvalue weighted by Gasteiger charge is -2.38. The van der Waals surface area contributed by atoms with Crippen molar-refractivity contribution in [2.24, 2.45) is 0 Å². The second kappa shape index (κ2) is 10.6. The van der Waals surface area contributed by atoms with Crippen LogP contribution in [0.25, 0.3) is 0 Å². The molecule has 8 nitrogen and oxygen atoms in total. The third-order valence-corrected chi connectivity index (χ3v) is 7.62. The summed E-state index contributed by atoms with van der Waals surface area (Å²) in [6.07, 6.45) is 1.28. The Morgan fingerprint density at radius 3 is 2.59 bits per heavy atom. The summed E-state index contributed by atoms with van der Waals surface area (Å²) in [5, 5.41) is 22.0. The van der Waals surface area contributed by atoms with E-state index in [0.717, 1.165) is 11.1 Å². The number of benzene rings is 2. The third-order valence-electron chi connectivity index (χ3n) is 7.32. The molecule has 3 aromatic rings. The molecule has 0 spiro atoms. The van der Waals surface area contributed by atoms with Crippen molar-refractivity contribution >= 4 is 23.2 Å². The number of aromatic nitrogens is 1. The Kier molecular flexibility index (Phi) is 7.24. The molecule has 4 atom stereocenters. The summed E-state index contributed by atoms with van der Waals surface area (Å²) in [5.41, 5.74) is 2.68. The number of rotatable bonds is 6. The lowest BCUT2D eigenvalue weighted by atomic mass is 9.95. The first-order valence-corrected chi connectivity index (χ1v) is 12.9. The SMILES string of the molecule is COc1cnc(CC#N)cc1C1NC2C(=O)N(c3cccc(Cl)c3F)C(c3ccc(C#N)cc3)C2N1C(C)C. The number of carbonyl (C=O) groups excluding carboxylic acids is 1. The van der Waals surface area contributed by atoms with Gasteiger partial charge >= 0.3 is 0 Å². The lowest BCUT2D eigenvalue weighted by molar-refractivity contribution is -0.118. The number of hydrogen-bond donors (Lipinski definition) is 1. The van der Waals surface area contributed by atoms with Gasteiger partial charge in [-0.1, -0.05) is 29.8 Å². The molecule has 198 valence electrons. The molecule has 1 aromatic heterocycles. The number of nitrogens with zero attached hydrogens (tertiary/aromatic N) is 5. The van der Waals surface area contributed by atoms with Crippen molar-refractivity contribution in [2.75, 3.05) is 12.0 Å². The number of carbonyl (C=O) groups is 1. The van der Waals surface area contributed by atoms with Gasteiger partial charge in [0.2, 0.25) is 5.91 Å². The van der Waals surface area contributed by atoms with Gasteiger partial charge in [-0.15, -0.1) is 0 Å². The minimum atomic E-state index is -0.686. The Morgan fingerprint density at radius 1 is 1.21 bits per heavy atom. The summed E-state index contributed by atoms with van der Waals surface area (Å²) in [6.45, 7) is 4.06. The van der Waals surface area contributed by atoms with E-state index in [9.17, 15) is 15.3 Å². The molecule has 0 aliphatic carbocycles. The molecule has 2 fully saturated rings. The maximum absolute atomic E-state index is 15.4. The molecule has 2 aliphatic rings. The second-order valence-corrected chi connectivity index (χ2v) is 10.2. The van der Waals surface area contributed by atoms with E-state index in [0.29, 0.717) is 17.0 Å². The van der Waals surface area contributed by atoms with Crippen molar-refractivity contribution in [1.29, 1.82) is 10.5 Å². The predicted molar refractivity (Wildman–Crippen MR) is 143 cm³/mol. The van der Waals surface area contributed by atoms with Crippen LogP contribution in [-0.2, 0) is 11.2 Å². The molecule has 2 saturated heterocycles. The van der Waals surface area contributed by atoms with Gasteiger partial charge in [-0.05, 0) is 49.7 Å². The minimum absolute atomic E-state index is 0.0485. The zero-order valence-electron chi connectivity index (χ0n) is 21.6. The molecule has 1 amide bonds. The van der Waals surface area contributed by atoms with Gasteiger partial charge in [-0.25, -0.2) is 4.39 Å². The predicted octanol–water partition coefficient (Wildman–Crippen LogP) is 4.66. The lowest BCUT2D eigenvalue weighted by Crippen LogP contribution is -2.44. The topological polar surface area (TPSA) is 105 Å². The van der Waals surface area contributed by atoms with Gasteiger partial charge in [-0.3, -0.25) is 24.9 Å². The number of nitriles is 2. The van der Waals surface area contributed by atoms with E-state index in [1.165, 1.54) is 11.0 Å². The number of methoxy groups -OCH3 is 1. The van der Waals surface area contributed by atoms with E-state index in [2.05, 4.69) is 27.3 Å². The summed E-state index contributed by atoms with van der Waals surface area (Å²) in [7, 11) is 1.55. The molecule has 2 aromatic carbocycles. The highest BCUT2D eigenvalue weighted by Crippen LogP contribution is 2.48. The molecular formula is C29H26ClFN6O2. The summed E-state index contributed by atoms with van der Waals surface area (Å²) < 4.78 is 21.0. The van der Waals surface area contributed by atoms with E-state index in [1.807, 2.05) is 19.9 Å². The molecule has 5 rings (SSSR count). The number of nitrogens with one attached hydrogen (secondary N) is 1. The van der Waals surface area contributed by atoms with E-state index < -0.39 is 30.1 Å². The second-order valence-electron chi connectivity index (χ2n) is 9.79.